The summed E-state index contributed by atoms with van der Waals surface area (Å²) in [6, 6.07) is 8.31. The lowest BCUT2D eigenvalue weighted by Crippen LogP contribution is -2.13. The van der Waals surface area contributed by atoms with E-state index in [-0.39, 0.29) is 0 Å². The van der Waals surface area contributed by atoms with Gasteiger partial charge in [-0.15, -0.1) is 11.6 Å². The summed E-state index contributed by atoms with van der Waals surface area (Å²) >= 11 is 5.91. The van der Waals surface area contributed by atoms with Crippen LogP contribution in [0.5, 0.6) is 0 Å². The molecule has 0 aromatic heterocycles. The predicted molar refractivity (Wildman–Crippen MR) is 62.2 cm³/mol. The fourth-order valence-corrected chi connectivity index (χ4v) is 2.55. The van der Waals surface area contributed by atoms with Gasteiger partial charge in [0, 0.05) is 18.7 Å². The molecule has 1 aromatic rings. The molecule has 2 rings (SSSR count). The standard InChI is InChI=1S/C13H15ClO/c14-9-11-3-1-2-4-13(11)10-5-7-12(15)8-6-10/h1-4,10H,5-9H2. The molecule has 2 heteroatoms. The Morgan fingerprint density at radius 3 is 2.53 bits per heavy atom. The predicted octanol–water partition coefficient (Wildman–Crippen LogP) is 3.65. The molecule has 1 aromatic carbocycles. The molecule has 0 heterocycles. The van der Waals surface area contributed by atoms with E-state index < -0.39 is 0 Å². The summed E-state index contributed by atoms with van der Waals surface area (Å²) in [6.07, 6.45) is 3.46. The summed E-state index contributed by atoms with van der Waals surface area (Å²) in [5, 5.41) is 0. The Labute approximate surface area is 95.4 Å². The molecule has 0 aliphatic heterocycles. The minimum Gasteiger partial charge on any atom is -0.300 e. The lowest BCUT2D eigenvalue weighted by Gasteiger charge is -2.23. The van der Waals surface area contributed by atoms with Gasteiger partial charge in [0.2, 0.25) is 0 Å². The number of hydrogen-bond acceptors (Lipinski definition) is 1. The molecule has 0 saturated heterocycles. The maximum absolute atomic E-state index is 11.2. The van der Waals surface area contributed by atoms with Crippen molar-refractivity contribution >= 4 is 17.4 Å². The van der Waals surface area contributed by atoms with Gasteiger partial charge in [-0.1, -0.05) is 24.3 Å². The molecule has 0 atom stereocenters. The third-order valence-electron chi connectivity index (χ3n) is 3.18. The fourth-order valence-electron chi connectivity index (χ4n) is 2.30. The zero-order valence-corrected chi connectivity index (χ0v) is 9.46. The highest BCUT2D eigenvalue weighted by molar-refractivity contribution is 6.17. The minimum absolute atomic E-state index is 0.412. The summed E-state index contributed by atoms with van der Waals surface area (Å²) in [7, 11) is 0. The molecule has 1 aliphatic carbocycles. The molecular formula is C13H15ClO. The number of halogens is 1. The number of benzene rings is 1. The van der Waals surface area contributed by atoms with E-state index in [9.17, 15) is 4.79 Å². The summed E-state index contributed by atoms with van der Waals surface area (Å²) in [5.74, 6) is 1.52. The Bertz CT molecular complexity index is 349. The van der Waals surface area contributed by atoms with E-state index >= 15 is 0 Å². The first kappa shape index (κ1) is 10.7. The van der Waals surface area contributed by atoms with Gasteiger partial charge in [0.15, 0.2) is 0 Å². The topological polar surface area (TPSA) is 17.1 Å². The van der Waals surface area contributed by atoms with Crippen molar-refractivity contribution in [3.05, 3.63) is 35.4 Å². The third kappa shape index (κ3) is 2.40. The van der Waals surface area contributed by atoms with E-state index in [0.717, 1.165) is 25.7 Å². The Kier molecular flexibility index (Phi) is 3.42. The number of Topliss-reactive ketones (excluding diaryl/α,β-unsaturated/α-hetero) is 1. The van der Waals surface area contributed by atoms with Gasteiger partial charge >= 0.3 is 0 Å². The third-order valence-corrected chi connectivity index (χ3v) is 3.47. The van der Waals surface area contributed by atoms with Crippen LogP contribution in [0.1, 0.15) is 42.7 Å². The SMILES string of the molecule is O=C1CCC(c2ccccc2CCl)CC1. The fraction of sp³-hybridized carbons (Fsp3) is 0.462. The van der Waals surface area contributed by atoms with Gasteiger partial charge in [-0.3, -0.25) is 4.79 Å². The van der Waals surface area contributed by atoms with Crippen molar-refractivity contribution in [2.45, 2.75) is 37.5 Å². The van der Waals surface area contributed by atoms with Crippen molar-refractivity contribution in [1.29, 1.82) is 0 Å². The first-order valence-corrected chi connectivity index (χ1v) is 6.00. The van der Waals surface area contributed by atoms with Crippen molar-refractivity contribution in [3.63, 3.8) is 0 Å². The Hall–Kier alpha value is -0.820. The highest BCUT2D eigenvalue weighted by Crippen LogP contribution is 2.33. The summed E-state index contributed by atoms with van der Waals surface area (Å²) in [5.41, 5.74) is 2.57. The normalized spacial score (nSPS) is 18.1. The Balaban J connectivity index is 2.18. The minimum atomic E-state index is 0.412. The smallest absolute Gasteiger partial charge is 0.132 e. The quantitative estimate of drug-likeness (QED) is 0.699. The van der Waals surface area contributed by atoms with Crippen LogP contribution in [0.2, 0.25) is 0 Å². The highest BCUT2D eigenvalue weighted by atomic mass is 35.5. The van der Waals surface area contributed by atoms with Crippen LogP contribution < -0.4 is 0 Å². The van der Waals surface area contributed by atoms with E-state index in [0.29, 0.717) is 17.6 Å². The van der Waals surface area contributed by atoms with Crippen molar-refractivity contribution in [3.8, 4) is 0 Å². The van der Waals surface area contributed by atoms with E-state index in [1.807, 2.05) is 6.07 Å². The molecule has 0 bridgehead atoms. The van der Waals surface area contributed by atoms with Crippen molar-refractivity contribution in [2.24, 2.45) is 0 Å². The molecule has 0 N–H and O–H groups in total. The van der Waals surface area contributed by atoms with Crippen LogP contribution in [0.15, 0.2) is 24.3 Å². The second-order valence-electron chi connectivity index (χ2n) is 4.15. The van der Waals surface area contributed by atoms with Crippen molar-refractivity contribution in [1.82, 2.24) is 0 Å². The first-order valence-electron chi connectivity index (χ1n) is 5.46. The molecule has 80 valence electrons. The molecule has 1 aliphatic rings. The second kappa shape index (κ2) is 4.80. The average molecular weight is 223 g/mol. The lowest BCUT2D eigenvalue weighted by molar-refractivity contribution is -0.120. The number of rotatable bonds is 2. The van der Waals surface area contributed by atoms with Crippen LogP contribution >= 0.6 is 11.6 Å². The van der Waals surface area contributed by atoms with Crippen LogP contribution in [0.25, 0.3) is 0 Å². The van der Waals surface area contributed by atoms with Crippen molar-refractivity contribution in [2.75, 3.05) is 0 Å². The monoisotopic (exact) mass is 222 g/mol. The molecule has 0 spiro atoms. The highest BCUT2D eigenvalue weighted by Gasteiger charge is 2.21. The molecule has 15 heavy (non-hydrogen) atoms. The van der Waals surface area contributed by atoms with E-state index in [2.05, 4.69) is 18.2 Å². The number of ketones is 1. The summed E-state index contributed by atoms with van der Waals surface area (Å²) in [6.45, 7) is 0. The zero-order valence-electron chi connectivity index (χ0n) is 8.71. The Morgan fingerprint density at radius 1 is 1.20 bits per heavy atom. The van der Waals surface area contributed by atoms with E-state index in [1.54, 1.807) is 0 Å². The number of alkyl halides is 1. The molecule has 0 radical (unpaired) electrons. The van der Waals surface area contributed by atoms with E-state index in [4.69, 9.17) is 11.6 Å². The molecule has 1 fully saturated rings. The van der Waals surface area contributed by atoms with Crippen LogP contribution in [0.3, 0.4) is 0 Å². The van der Waals surface area contributed by atoms with Gasteiger partial charge in [0.05, 0.1) is 0 Å². The zero-order chi connectivity index (χ0) is 10.7. The van der Waals surface area contributed by atoms with Crippen LogP contribution in [-0.2, 0) is 10.7 Å². The van der Waals surface area contributed by atoms with Gasteiger partial charge in [-0.2, -0.15) is 0 Å². The van der Waals surface area contributed by atoms with Crippen LogP contribution in [0, 0.1) is 0 Å². The molecule has 1 nitrogen and oxygen atoms in total. The van der Waals surface area contributed by atoms with Gasteiger partial charge in [0.25, 0.3) is 0 Å². The number of carbonyl (C=O) groups is 1. The molecular weight excluding hydrogens is 208 g/mol. The average Bonchev–Trinajstić information content (AvgIpc) is 2.30. The van der Waals surface area contributed by atoms with Crippen LogP contribution in [-0.4, -0.2) is 5.78 Å². The summed E-state index contributed by atoms with van der Waals surface area (Å²) in [4.78, 5) is 11.2. The lowest BCUT2D eigenvalue weighted by atomic mass is 9.82. The second-order valence-corrected chi connectivity index (χ2v) is 4.41. The van der Waals surface area contributed by atoms with Gasteiger partial charge in [-0.05, 0) is 29.9 Å². The molecule has 0 unspecified atom stereocenters. The van der Waals surface area contributed by atoms with Gasteiger partial charge in [-0.25, -0.2) is 0 Å². The number of carbonyl (C=O) groups excluding carboxylic acids is 1. The maximum atomic E-state index is 11.2. The maximum Gasteiger partial charge on any atom is 0.132 e. The van der Waals surface area contributed by atoms with Gasteiger partial charge < -0.3 is 0 Å². The molecule has 0 amide bonds. The first-order chi connectivity index (χ1) is 7.31. The summed E-state index contributed by atoms with van der Waals surface area (Å²) < 4.78 is 0. The van der Waals surface area contributed by atoms with Gasteiger partial charge in [0.1, 0.15) is 5.78 Å². The Morgan fingerprint density at radius 2 is 1.87 bits per heavy atom. The largest absolute Gasteiger partial charge is 0.300 e. The molecule has 1 saturated carbocycles. The van der Waals surface area contributed by atoms with Crippen LogP contribution in [0.4, 0.5) is 0 Å². The number of hydrogen-bond donors (Lipinski definition) is 0. The van der Waals surface area contributed by atoms with E-state index in [1.165, 1.54) is 11.1 Å². The van der Waals surface area contributed by atoms with Crippen molar-refractivity contribution < 1.29 is 4.79 Å².